The molecule has 1 aromatic rings. The van der Waals surface area contributed by atoms with Crippen LogP contribution in [0.2, 0.25) is 0 Å². The lowest BCUT2D eigenvalue weighted by molar-refractivity contribution is 0.230. The average molecular weight is 291 g/mol. The number of rotatable bonds is 7. The summed E-state index contributed by atoms with van der Waals surface area (Å²) in [5.41, 5.74) is 5.85. The molecule has 5 heteroatoms. The van der Waals surface area contributed by atoms with Gasteiger partial charge >= 0.3 is 0 Å². The van der Waals surface area contributed by atoms with Crippen molar-refractivity contribution >= 4 is 5.96 Å². The number of ether oxygens (including phenoxy) is 2. The molecule has 116 valence electrons. The standard InChI is InChI=1S/C16H25N3O2/c1-12(21-15-8-6-14(20-2)7-9-15)10-18-16(17)19-11-13-4-3-5-13/h6-9,12-13H,3-5,10-11H2,1-2H3,(H3,17,18,19). The highest BCUT2D eigenvalue weighted by atomic mass is 16.5. The smallest absolute Gasteiger partial charge is 0.188 e. The Balaban J connectivity index is 1.70. The molecule has 0 aromatic heterocycles. The number of nitrogens with two attached hydrogens (primary N) is 1. The molecular formula is C16H25N3O2. The number of methoxy groups -OCH3 is 1. The first-order valence-electron chi connectivity index (χ1n) is 7.52. The molecule has 1 saturated carbocycles. The fourth-order valence-corrected chi connectivity index (χ4v) is 2.15. The SMILES string of the molecule is COc1ccc(OC(C)CN=C(N)NCC2CCC2)cc1. The van der Waals surface area contributed by atoms with Crippen LogP contribution in [-0.2, 0) is 0 Å². The van der Waals surface area contributed by atoms with Crippen molar-refractivity contribution in [1.29, 1.82) is 0 Å². The second kappa shape index (κ2) is 7.76. The first-order valence-corrected chi connectivity index (χ1v) is 7.52. The Kier molecular flexibility index (Phi) is 5.72. The van der Waals surface area contributed by atoms with Gasteiger partial charge in [-0.1, -0.05) is 6.42 Å². The number of nitrogens with zero attached hydrogens (tertiary/aromatic N) is 1. The van der Waals surface area contributed by atoms with Crippen molar-refractivity contribution in [2.75, 3.05) is 20.2 Å². The van der Waals surface area contributed by atoms with Gasteiger partial charge in [-0.3, -0.25) is 0 Å². The largest absolute Gasteiger partial charge is 0.497 e. The van der Waals surface area contributed by atoms with E-state index in [-0.39, 0.29) is 6.10 Å². The molecule has 5 nitrogen and oxygen atoms in total. The summed E-state index contributed by atoms with van der Waals surface area (Å²) in [6.45, 7) is 3.45. The fourth-order valence-electron chi connectivity index (χ4n) is 2.15. The van der Waals surface area contributed by atoms with Crippen molar-refractivity contribution in [3.8, 4) is 11.5 Å². The van der Waals surface area contributed by atoms with Crippen LogP contribution in [-0.4, -0.2) is 32.3 Å². The van der Waals surface area contributed by atoms with Crippen LogP contribution in [0.1, 0.15) is 26.2 Å². The van der Waals surface area contributed by atoms with E-state index in [0.717, 1.165) is 24.0 Å². The molecular weight excluding hydrogens is 266 g/mol. The summed E-state index contributed by atoms with van der Waals surface area (Å²) in [6.07, 6.45) is 3.92. The topological polar surface area (TPSA) is 68.9 Å². The molecule has 1 aliphatic carbocycles. The fraction of sp³-hybridized carbons (Fsp3) is 0.562. The van der Waals surface area contributed by atoms with Gasteiger partial charge in [0.2, 0.25) is 0 Å². The molecule has 0 spiro atoms. The molecule has 0 amide bonds. The maximum Gasteiger partial charge on any atom is 0.188 e. The van der Waals surface area contributed by atoms with E-state index in [1.807, 2.05) is 31.2 Å². The molecule has 1 aliphatic rings. The van der Waals surface area contributed by atoms with E-state index in [1.54, 1.807) is 7.11 Å². The first-order chi connectivity index (χ1) is 10.2. The van der Waals surface area contributed by atoms with Gasteiger partial charge in [-0.25, -0.2) is 4.99 Å². The zero-order valence-corrected chi connectivity index (χ0v) is 12.8. The Morgan fingerprint density at radius 3 is 2.57 bits per heavy atom. The van der Waals surface area contributed by atoms with Gasteiger partial charge in [-0.2, -0.15) is 0 Å². The number of guanidine groups is 1. The Morgan fingerprint density at radius 1 is 1.33 bits per heavy atom. The van der Waals surface area contributed by atoms with E-state index in [2.05, 4.69) is 10.3 Å². The molecule has 0 saturated heterocycles. The lowest BCUT2D eigenvalue weighted by Crippen LogP contribution is -2.37. The Bertz CT molecular complexity index is 455. The summed E-state index contributed by atoms with van der Waals surface area (Å²) in [6, 6.07) is 7.52. The van der Waals surface area contributed by atoms with Crippen LogP contribution in [0.5, 0.6) is 11.5 Å². The van der Waals surface area contributed by atoms with Crippen molar-refractivity contribution in [2.24, 2.45) is 16.6 Å². The average Bonchev–Trinajstić information content (AvgIpc) is 2.44. The molecule has 0 heterocycles. The minimum absolute atomic E-state index is 0.0255. The van der Waals surface area contributed by atoms with Crippen LogP contribution < -0.4 is 20.5 Å². The summed E-state index contributed by atoms with van der Waals surface area (Å²) >= 11 is 0. The highest BCUT2D eigenvalue weighted by molar-refractivity contribution is 5.77. The summed E-state index contributed by atoms with van der Waals surface area (Å²) < 4.78 is 10.9. The van der Waals surface area contributed by atoms with Crippen LogP contribution in [0, 0.1) is 5.92 Å². The highest BCUT2D eigenvalue weighted by Gasteiger charge is 2.16. The number of nitrogens with one attached hydrogen (secondary N) is 1. The maximum atomic E-state index is 5.85. The minimum Gasteiger partial charge on any atom is -0.497 e. The minimum atomic E-state index is -0.0255. The van der Waals surface area contributed by atoms with Gasteiger partial charge in [0, 0.05) is 6.54 Å². The second-order valence-corrected chi connectivity index (χ2v) is 5.51. The molecule has 0 radical (unpaired) electrons. The van der Waals surface area contributed by atoms with Gasteiger partial charge in [-0.05, 0) is 49.9 Å². The predicted molar refractivity (Wildman–Crippen MR) is 84.9 cm³/mol. The van der Waals surface area contributed by atoms with Crippen LogP contribution in [0.4, 0.5) is 0 Å². The molecule has 21 heavy (non-hydrogen) atoms. The van der Waals surface area contributed by atoms with Crippen molar-refractivity contribution in [1.82, 2.24) is 5.32 Å². The maximum absolute atomic E-state index is 5.85. The molecule has 2 rings (SSSR count). The summed E-state index contributed by atoms with van der Waals surface area (Å²) in [4.78, 5) is 4.32. The molecule has 1 aromatic carbocycles. The Hall–Kier alpha value is -1.91. The van der Waals surface area contributed by atoms with Gasteiger partial charge in [0.15, 0.2) is 5.96 Å². The van der Waals surface area contributed by atoms with E-state index < -0.39 is 0 Å². The zero-order valence-electron chi connectivity index (χ0n) is 12.8. The van der Waals surface area contributed by atoms with Crippen LogP contribution in [0.15, 0.2) is 29.3 Å². The van der Waals surface area contributed by atoms with Crippen molar-refractivity contribution in [3.05, 3.63) is 24.3 Å². The van der Waals surface area contributed by atoms with Crippen LogP contribution in [0.3, 0.4) is 0 Å². The number of benzene rings is 1. The summed E-state index contributed by atoms with van der Waals surface area (Å²) in [5.74, 6) is 2.90. The van der Waals surface area contributed by atoms with Gasteiger partial charge in [0.1, 0.15) is 17.6 Å². The Labute approximate surface area is 126 Å². The van der Waals surface area contributed by atoms with E-state index in [4.69, 9.17) is 15.2 Å². The third kappa shape index (κ3) is 5.17. The van der Waals surface area contributed by atoms with E-state index >= 15 is 0 Å². The van der Waals surface area contributed by atoms with Gasteiger partial charge in [0.25, 0.3) is 0 Å². The molecule has 1 atom stereocenters. The summed E-state index contributed by atoms with van der Waals surface area (Å²) in [5, 5.41) is 3.17. The second-order valence-electron chi connectivity index (χ2n) is 5.51. The number of aliphatic imine (C=N–C) groups is 1. The van der Waals surface area contributed by atoms with Crippen LogP contribution in [0.25, 0.3) is 0 Å². The van der Waals surface area contributed by atoms with E-state index in [1.165, 1.54) is 19.3 Å². The van der Waals surface area contributed by atoms with E-state index in [0.29, 0.717) is 12.5 Å². The molecule has 0 bridgehead atoms. The summed E-state index contributed by atoms with van der Waals surface area (Å²) in [7, 11) is 1.65. The highest BCUT2D eigenvalue weighted by Crippen LogP contribution is 2.25. The lowest BCUT2D eigenvalue weighted by atomic mass is 9.85. The normalized spacial score (nSPS) is 17.0. The molecule has 0 aliphatic heterocycles. The van der Waals surface area contributed by atoms with Gasteiger partial charge < -0.3 is 20.5 Å². The third-order valence-electron chi connectivity index (χ3n) is 3.71. The molecule has 1 fully saturated rings. The first kappa shape index (κ1) is 15.5. The predicted octanol–water partition coefficient (Wildman–Crippen LogP) is 2.17. The molecule has 3 N–H and O–H groups in total. The quantitative estimate of drug-likeness (QED) is 0.597. The van der Waals surface area contributed by atoms with Gasteiger partial charge in [-0.15, -0.1) is 0 Å². The van der Waals surface area contributed by atoms with E-state index in [9.17, 15) is 0 Å². The number of hydrogen-bond acceptors (Lipinski definition) is 3. The van der Waals surface area contributed by atoms with Crippen molar-refractivity contribution < 1.29 is 9.47 Å². The third-order valence-corrected chi connectivity index (χ3v) is 3.71. The number of hydrogen-bond donors (Lipinski definition) is 2. The zero-order chi connectivity index (χ0) is 15.1. The monoisotopic (exact) mass is 291 g/mol. The van der Waals surface area contributed by atoms with Crippen molar-refractivity contribution in [3.63, 3.8) is 0 Å². The Morgan fingerprint density at radius 2 is 2.00 bits per heavy atom. The van der Waals surface area contributed by atoms with Crippen LogP contribution >= 0.6 is 0 Å². The van der Waals surface area contributed by atoms with Crippen molar-refractivity contribution in [2.45, 2.75) is 32.3 Å². The molecule has 1 unspecified atom stereocenters. The lowest BCUT2D eigenvalue weighted by Gasteiger charge is -2.25. The van der Waals surface area contributed by atoms with Gasteiger partial charge in [0.05, 0.1) is 13.7 Å².